The van der Waals surface area contributed by atoms with Gasteiger partial charge in [-0.05, 0) is 30.9 Å². The molecule has 2 atom stereocenters. The highest BCUT2D eigenvalue weighted by Gasteiger charge is 2.29. The normalized spacial score (nSPS) is 21.9. The van der Waals surface area contributed by atoms with Crippen molar-refractivity contribution < 1.29 is 9.72 Å². The first-order chi connectivity index (χ1) is 9.91. The van der Waals surface area contributed by atoms with E-state index in [0.717, 1.165) is 19.3 Å². The number of amides is 1. The Kier molecular flexibility index (Phi) is 4.83. The van der Waals surface area contributed by atoms with Crippen LogP contribution in [0.5, 0.6) is 0 Å². The van der Waals surface area contributed by atoms with Crippen molar-refractivity contribution >= 4 is 23.2 Å². The predicted octanol–water partition coefficient (Wildman–Crippen LogP) is 3.90. The van der Waals surface area contributed by atoms with Gasteiger partial charge in [0.15, 0.2) is 0 Å². The molecule has 0 aromatic heterocycles. The van der Waals surface area contributed by atoms with E-state index in [1.54, 1.807) is 11.9 Å². The molecule has 0 radical (unpaired) electrons. The maximum absolute atomic E-state index is 12.5. The summed E-state index contributed by atoms with van der Waals surface area (Å²) in [6, 6.07) is 4.36. The monoisotopic (exact) mass is 310 g/mol. The van der Waals surface area contributed by atoms with Crippen LogP contribution in [0.2, 0.25) is 5.02 Å². The van der Waals surface area contributed by atoms with E-state index in [1.807, 2.05) is 0 Å². The molecule has 0 spiro atoms. The fourth-order valence-corrected chi connectivity index (χ4v) is 3.26. The quantitative estimate of drug-likeness (QED) is 0.628. The molecule has 0 saturated heterocycles. The van der Waals surface area contributed by atoms with Crippen LogP contribution in [0.25, 0.3) is 0 Å². The zero-order chi connectivity index (χ0) is 15.6. The van der Waals surface area contributed by atoms with Gasteiger partial charge in [0.1, 0.15) is 5.02 Å². The number of nitrogens with zero attached hydrogens (tertiary/aromatic N) is 2. The van der Waals surface area contributed by atoms with Crippen LogP contribution in [-0.4, -0.2) is 28.8 Å². The van der Waals surface area contributed by atoms with Crippen LogP contribution in [0.1, 0.15) is 43.0 Å². The summed E-state index contributed by atoms with van der Waals surface area (Å²) in [5.74, 6) is 0.340. The number of hydrogen-bond donors (Lipinski definition) is 0. The van der Waals surface area contributed by atoms with Crippen LogP contribution in [0.15, 0.2) is 18.2 Å². The van der Waals surface area contributed by atoms with Crippen molar-refractivity contribution in [2.45, 2.75) is 38.6 Å². The molecule has 21 heavy (non-hydrogen) atoms. The van der Waals surface area contributed by atoms with Gasteiger partial charge in [0.2, 0.25) is 0 Å². The lowest BCUT2D eigenvalue weighted by atomic mass is 9.85. The van der Waals surface area contributed by atoms with Crippen molar-refractivity contribution in [2.75, 3.05) is 7.05 Å². The average Bonchev–Trinajstić information content (AvgIpc) is 2.45. The fraction of sp³-hybridized carbons (Fsp3) is 0.533. The number of benzene rings is 1. The topological polar surface area (TPSA) is 63.5 Å². The Morgan fingerprint density at radius 3 is 2.62 bits per heavy atom. The lowest BCUT2D eigenvalue weighted by Gasteiger charge is -2.36. The van der Waals surface area contributed by atoms with Gasteiger partial charge < -0.3 is 4.90 Å². The van der Waals surface area contributed by atoms with E-state index in [1.165, 1.54) is 24.6 Å². The van der Waals surface area contributed by atoms with Crippen LogP contribution in [0.4, 0.5) is 5.69 Å². The van der Waals surface area contributed by atoms with Crippen molar-refractivity contribution in [1.29, 1.82) is 0 Å². The van der Waals surface area contributed by atoms with E-state index >= 15 is 0 Å². The maximum atomic E-state index is 12.5. The maximum Gasteiger partial charge on any atom is 0.287 e. The van der Waals surface area contributed by atoms with Crippen molar-refractivity contribution in [2.24, 2.45) is 5.92 Å². The van der Waals surface area contributed by atoms with Crippen LogP contribution < -0.4 is 0 Å². The first-order valence-corrected chi connectivity index (χ1v) is 7.50. The number of halogens is 1. The molecule has 114 valence electrons. The number of nitro benzene ring substituents is 1. The molecular formula is C15H19ClN2O3. The molecular weight excluding hydrogens is 292 g/mol. The highest BCUT2D eigenvalue weighted by molar-refractivity contribution is 6.33. The third-order valence-electron chi connectivity index (χ3n) is 4.28. The molecule has 2 rings (SSSR count). The molecule has 1 saturated carbocycles. The Labute approximate surface area is 129 Å². The Morgan fingerprint density at radius 1 is 1.38 bits per heavy atom. The van der Waals surface area contributed by atoms with Gasteiger partial charge in [0.05, 0.1) is 4.92 Å². The summed E-state index contributed by atoms with van der Waals surface area (Å²) in [6.45, 7) is 2.16. The molecule has 1 aliphatic carbocycles. The number of carbonyl (C=O) groups excluding carboxylic acids is 1. The molecule has 6 heteroatoms. The fourth-order valence-electron chi connectivity index (χ4n) is 3.01. The minimum absolute atomic E-state index is 0.00376. The van der Waals surface area contributed by atoms with E-state index in [9.17, 15) is 14.9 Å². The molecule has 0 aliphatic heterocycles. The summed E-state index contributed by atoms with van der Waals surface area (Å²) in [7, 11) is 1.80. The summed E-state index contributed by atoms with van der Waals surface area (Å²) >= 11 is 5.88. The molecule has 1 aromatic rings. The molecule has 5 nitrogen and oxygen atoms in total. The Hall–Kier alpha value is -1.62. The summed E-state index contributed by atoms with van der Waals surface area (Å²) < 4.78 is 0. The number of hydrogen-bond acceptors (Lipinski definition) is 3. The highest BCUT2D eigenvalue weighted by atomic mass is 35.5. The van der Waals surface area contributed by atoms with E-state index in [-0.39, 0.29) is 22.7 Å². The second kappa shape index (κ2) is 6.43. The van der Waals surface area contributed by atoms with E-state index in [0.29, 0.717) is 11.5 Å². The number of rotatable bonds is 3. The number of carbonyl (C=O) groups is 1. The second-order valence-corrected chi connectivity index (χ2v) is 6.08. The van der Waals surface area contributed by atoms with E-state index in [4.69, 9.17) is 11.6 Å². The van der Waals surface area contributed by atoms with Crippen LogP contribution >= 0.6 is 11.6 Å². The smallest absolute Gasteiger partial charge is 0.287 e. The molecule has 0 N–H and O–H groups in total. The van der Waals surface area contributed by atoms with Crippen molar-refractivity contribution in [3.63, 3.8) is 0 Å². The van der Waals surface area contributed by atoms with Gasteiger partial charge in [-0.25, -0.2) is 0 Å². The van der Waals surface area contributed by atoms with Crippen molar-refractivity contribution in [3.8, 4) is 0 Å². The van der Waals surface area contributed by atoms with Crippen LogP contribution in [0, 0.1) is 16.0 Å². The van der Waals surface area contributed by atoms with Crippen molar-refractivity contribution in [1.82, 2.24) is 4.90 Å². The zero-order valence-corrected chi connectivity index (χ0v) is 13.0. The van der Waals surface area contributed by atoms with Crippen LogP contribution in [-0.2, 0) is 0 Å². The lowest BCUT2D eigenvalue weighted by molar-refractivity contribution is -0.384. The second-order valence-electron chi connectivity index (χ2n) is 5.67. The van der Waals surface area contributed by atoms with E-state index in [2.05, 4.69) is 6.92 Å². The largest absolute Gasteiger partial charge is 0.338 e. The molecule has 1 aliphatic rings. The molecule has 2 unspecified atom stereocenters. The zero-order valence-electron chi connectivity index (χ0n) is 12.2. The van der Waals surface area contributed by atoms with Crippen molar-refractivity contribution in [3.05, 3.63) is 38.9 Å². The van der Waals surface area contributed by atoms with Gasteiger partial charge in [-0.1, -0.05) is 31.4 Å². The molecule has 1 amide bonds. The first kappa shape index (κ1) is 15.8. The first-order valence-electron chi connectivity index (χ1n) is 7.13. The van der Waals surface area contributed by atoms with E-state index < -0.39 is 4.92 Å². The predicted molar refractivity (Wildman–Crippen MR) is 81.6 cm³/mol. The molecule has 0 bridgehead atoms. The standard InChI is InChI=1S/C15H19ClN2O3/c1-10-5-3-4-6-13(10)17(2)15(19)11-7-8-14(18(20)21)12(16)9-11/h7-10,13H,3-6H2,1-2H3. The Bertz CT molecular complexity index is 562. The lowest BCUT2D eigenvalue weighted by Crippen LogP contribution is -2.42. The molecule has 1 aromatic carbocycles. The van der Waals surface area contributed by atoms with Gasteiger partial charge in [-0.15, -0.1) is 0 Å². The van der Waals surface area contributed by atoms with Gasteiger partial charge in [0.25, 0.3) is 11.6 Å². The third-order valence-corrected chi connectivity index (χ3v) is 4.58. The average molecular weight is 311 g/mol. The minimum atomic E-state index is -0.552. The number of nitro groups is 1. The summed E-state index contributed by atoms with van der Waals surface area (Å²) in [4.78, 5) is 24.5. The summed E-state index contributed by atoms with van der Waals surface area (Å²) in [6.07, 6.45) is 4.48. The van der Waals surface area contributed by atoms with Gasteiger partial charge in [-0.2, -0.15) is 0 Å². The Morgan fingerprint density at radius 2 is 2.05 bits per heavy atom. The summed E-state index contributed by atoms with van der Waals surface area (Å²) in [5, 5.41) is 10.7. The van der Waals surface area contributed by atoms with Gasteiger partial charge >= 0.3 is 0 Å². The van der Waals surface area contributed by atoms with Gasteiger partial charge in [-0.3, -0.25) is 14.9 Å². The minimum Gasteiger partial charge on any atom is -0.338 e. The molecule has 0 heterocycles. The Balaban J connectivity index is 2.19. The van der Waals surface area contributed by atoms with Crippen LogP contribution in [0.3, 0.4) is 0 Å². The van der Waals surface area contributed by atoms with Gasteiger partial charge in [0, 0.05) is 24.7 Å². The highest BCUT2D eigenvalue weighted by Crippen LogP contribution is 2.30. The molecule has 1 fully saturated rings. The summed E-state index contributed by atoms with van der Waals surface area (Å²) in [5.41, 5.74) is 0.216. The third kappa shape index (κ3) is 3.35. The SMILES string of the molecule is CC1CCCCC1N(C)C(=O)c1ccc([N+](=O)[O-])c(Cl)c1.